The van der Waals surface area contributed by atoms with Gasteiger partial charge in [-0.1, -0.05) is 18.2 Å². The number of anilines is 1. The zero-order valence-corrected chi connectivity index (χ0v) is 17.0. The first-order valence-electron chi connectivity index (χ1n) is 10.1. The van der Waals surface area contributed by atoms with Crippen LogP contribution in [-0.2, 0) is 9.59 Å². The number of fused-ring (bicyclic) bond motifs is 1. The molecule has 2 aromatic carbocycles. The van der Waals surface area contributed by atoms with Crippen LogP contribution in [0.25, 0.3) is 0 Å². The van der Waals surface area contributed by atoms with Gasteiger partial charge >= 0.3 is 5.97 Å². The largest absolute Gasteiger partial charge is 0.478 e. The van der Waals surface area contributed by atoms with E-state index < -0.39 is 11.9 Å². The van der Waals surface area contributed by atoms with Crippen molar-refractivity contribution >= 4 is 17.4 Å². The Labute approximate surface area is 179 Å². The Bertz CT molecular complexity index is 1180. The Morgan fingerprint density at radius 1 is 1.10 bits per heavy atom. The number of nitrogens with two attached hydrogens (primary N) is 1. The molecule has 1 aliphatic carbocycles. The zero-order chi connectivity index (χ0) is 21.7. The molecule has 2 atom stereocenters. The topological polar surface area (TPSA) is 111 Å². The van der Waals surface area contributed by atoms with Crippen molar-refractivity contribution in [3.8, 4) is 11.5 Å². The van der Waals surface area contributed by atoms with E-state index in [9.17, 15) is 14.7 Å². The first-order valence-corrected chi connectivity index (χ1v) is 10.1. The number of nitrogen functional groups attached to an aromatic ring is 1. The number of ether oxygens (including phenoxy) is 2. The van der Waals surface area contributed by atoms with Crippen LogP contribution < -0.4 is 20.5 Å². The van der Waals surface area contributed by atoms with Crippen LogP contribution in [0.5, 0.6) is 11.5 Å². The smallest absolute Gasteiger partial charge is 0.334 e. The minimum Gasteiger partial charge on any atom is -0.478 e. The van der Waals surface area contributed by atoms with Gasteiger partial charge in [0.15, 0.2) is 17.3 Å². The molecular weight excluding hydrogens is 396 g/mol. The van der Waals surface area contributed by atoms with Gasteiger partial charge in [0.05, 0.1) is 5.57 Å². The van der Waals surface area contributed by atoms with E-state index in [4.69, 9.17) is 15.2 Å². The lowest BCUT2D eigenvalue weighted by atomic mass is 9.71. The number of carboxylic acids is 1. The van der Waals surface area contributed by atoms with Gasteiger partial charge in [-0.2, -0.15) is 0 Å². The van der Waals surface area contributed by atoms with Crippen molar-refractivity contribution in [2.24, 2.45) is 0 Å². The van der Waals surface area contributed by atoms with Crippen molar-refractivity contribution in [3.05, 3.63) is 76.1 Å². The van der Waals surface area contributed by atoms with Crippen LogP contribution >= 0.6 is 0 Å². The van der Waals surface area contributed by atoms with E-state index in [1.807, 2.05) is 24.3 Å². The van der Waals surface area contributed by atoms with E-state index in [2.05, 4.69) is 5.32 Å². The number of rotatable bonds is 3. The predicted molar refractivity (Wildman–Crippen MR) is 114 cm³/mol. The number of dihydropyridines is 1. The van der Waals surface area contributed by atoms with Crippen LogP contribution in [0, 0.1) is 0 Å². The van der Waals surface area contributed by atoms with E-state index in [0.717, 1.165) is 11.3 Å². The van der Waals surface area contributed by atoms with Gasteiger partial charge < -0.3 is 25.6 Å². The highest BCUT2D eigenvalue weighted by molar-refractivity contribution is 6.04. The first-order chi connectivity index (χ1) is 14.9. The molecule has 7 nitrogen and oxygen atoms in total. The molecule has 2 aromatic rings. The van der Waals surface area contributed by atoms with Gasteiger partial charge in [-0.3, -0.25) is 4.79 Å². The lowest BCUT2D eigenvalue weighted by molar-refractivity contribution is -0.133. The average Bonchev–Trinajstić information content (AvgIpc) is 3.20. The van der Waals surface area contributed by atoms with Crippen LogP contribution in [0.15, 0.2) is 65.0 Å². The summed E-state index contributed by atoms with van der Waals surface area (Å²) in [7, 11) is 0. The number of hydrogen-bond donors (Lipinski definition) is 3. The number of nitrogens with one attached hydrogen (secondary N) is 1. The molecule has 158 valence electrons. The van der Waals surface area contributed by atoms with E-state index in [1.54, 1.807) is 25.1 Å². The monoisotopic (exact) mass is 418 g/mol. The standard InChI is InChI=1S/C24H22N2O5/c1-12-21(24(28)29)22(14-3-2-4-16(25)7-14)23-17(26-12)8-15(9-18(23)27)13-5-6-19-20(10-13)31-11-30-19/h2-7,10,15,22,26H,8-9,11,25H2,1H3,(H,28,29). The van der Waals surface area contributed by atoms with Crippen molar-refractivity contribution < 1.29 is 24.2 Å². The molecule has 0 aromatic heterocycles. The number of carboxylic acid groups (broad SMARTS) is 1. The van der Waals surface area contributed by atoms with Gasteiger partial charge in [-0.05, 0) is 54.7 Å². The van der Waals surface area contributed by atoms with Crippen molar-refractivity contribution in [2.75, 3.05) is 12.5 Å². The van der Waals surface area contributed by atoms with E-state index in [1.165, 1.54) is 0 Å². The van der Waals surface area contributed by atoms with Crippen molar-refractivity contribution in [1.82, 2.24) is 5.32 Å². The summed E-state index contributed by atoms with van der Waals surface area (Å²) in [6, 6.07) is 12.8. The normalized spacial score (nSPS) is 22.3. The highest BCUT2D eigenvalue weighted by atomic mass is 16.7. The molecule has 3 aliphatic rings. The maximum absolute atomic E-state index is 13.4. The SMILES string of the molecule is CC1=C(C(=O)O)C(c2cccc(N)c2)C2=C(CC(c3ccc4c(c3)OCO4)CC2=O)N1. The molecule has 2 unspecified atom stereocenters. The molecule has 31 heavy (non-hydrogen) atoms. The lowest BCUT2D eigenvalue weighted by Gasteiger charge is -2.36. The highest BCUT2D eigenvalue weighted by Crippen LogP contribution is 2.46. The van der Waals surface area contributed by atoms with Gasteiger partial charge in [-0.25, -0.2) is 4.79 Å². The van der Waals surface area contributed by atoms with Crippen LogP contribution in [-0.4, -0.2) is 23.7 Å². The number of benzene rings is 2. The Morgan fingerprint density at radius 2 is 1.90 bits per heavy atom. The number of ketones is 1. The maximum atomic E-state index is 13.4. The molecule has 0 radical (unpaired) electrons. The zero-order valence-electron chi connectivity index (χ0n) is 17.0. The fourth-order valence-electron chi connectivity index (χ4n) is 4.80. The summed E-state index contributed by atoms with van der Waals surface area (Å²) in [5, 5.41) is 13.1. The molecule has 4 N–H and O–H groups in total. The quantitative estimate of drug-likeness (QED) is 0.655. The highest BCUT2D eigenvalue weighted by Gasteiger charge is 2.41. The second-order valence-electron chi connectivity index (χ2n) is 8.11. The maximum Gasteiger partial charge on any atom is 0.334 e. The van der Waals surface area contributed by atoms with Gasteiger partial charge in [0, 0.05) is 35.0 Å². The molecule has 7 heteroatoms. The molecule has 0 fully saturated rings. The number of hydrogen-bond acceptors (Lipinski definition) is 6. The summed E-state index contributed by atoms with van der Waals surface area (Å²) >= 11 is 0. The van der Waals surface area contributed by atoms with Crippen molar-refractivity contribution in [1.29, 1.82) is 0 Å². The molecule has 5 rings (SSSR count). The molecule has 0 saturated carbocycles. The summed E-state index contributed by atoms with van der Waals surface area (Å²) in [5.41, 5.74) is 10.2. The van der Waals surface area contributed by atoms with Crippen LogP contribution in [0.1, 0.15) is 42.7 Å². The molecule has 0 saturated heterocycles. The summed E-state index contributed by atoms with van der Waals surface area (Å²) in [6.45, 7) is 1.93. The van der Waals surface area contributed by atoms with Gasteiger partial charge in [-0.15, -0.1) is 0 Å². The average molecular weight is 418 g/mol. The summed E-state index contributed by atoms with van der Waals surface area (Å²) < 4.78 is 10.9. The Kier molecular flexibility index (Phi) is 4.46. The molecule has 2 aliphatic heterocycles. The first kappa shape index (κ1) is 19.2. The fourth-order valence-corrected chi connectivity index (χ4v) is 4.80. The number of Topliss-reactive ketones (excluding diaryl/α,β-unsaturated/α-hetero) is 1. The summed E-state index contributed by atoms with van der Waals surface area (Å²) in [4.78, 5) is 25.5. The van der Waals surface area contributed by atoms with Crippen molar-refractivity contribution in [2.45, 2.75) is 31.6 Å². The fraction of sp³-hybridized carbons (Fsp3) is 0.250. The Morgan fingerprint density at radius 3 is 2.68 bits per heavy atom. The third-order valence-corrected chi connectivity index (χ3v) is 6.17. The second-order valence-corrected chi connectivity index (χ2v) is 8.11. The van der Waals surface area contributed by atoms with Gasteiger partial charge in [0.2, 0.25) is 6.79 Å². The van der Waals surface area contributed by atoms with E-state index in [-0.39, 0.29) is 24.1 Å². The van der Waals surface area contributed by atoms with Gasteiger partial charge in [0.1, 0.15) is 0 Å². The van der Waals surface area contributed by atoms with Crippen LogP contribution in [0.3, 0.4) is 0 Å². The Hall–Kier alpha value is -3.74. The lowest BCUT2D eigenvalue weighted by Crippen LogP contribution is -2.35. The minimum absolute atomic E-state index is 0.0334. The third kappa shape index (κ3) is 3.22. The predicted octanol–water partition coefficient (Wildman–Crippen LogP) is 3.44. The number of aliphatic carboxylic acids is 1. The summed E-state index contributed by atoms with van der Waals surface area (Å²) in [6.07, 6.45) is 0.898. The molecule has 0 spiro atoms. The van der Waals surface area contributed by atoms with E-state index >= 15 is 0 Å². The molecular formula is C24H22N2O5. The molecule has 0 amide bonds. The molecule has 0 bridgehead atoms. The van der Waals surface area contributed by atoms with Crippen LogP contribution in [0.4, 0.5) is 5.69 Å². The number of carbonyl (C=O) groups excluding carboxylic acids is 1. The van der Waals surface area contributed by atoms with E-state index in [0.29, 0.717) is 46.9 Å². The van der Waals surface area contributed by atoms with Gasteiger partial charge in [0.25, 0.3) is 0 Å². The minimum atomic E-state index is -1.05. The molecule has 2 heterocycles. The number of carbonyl (C=O) groups is 2. The summed E-state index contributed by atoms with van der Waals surface area (Å²) in [5.74, 6) is -0.405. The second kappa shape index (κ2) is 7.19. The number of allylic oxidation sites excluding steroid dienone is 3. The van der Waals surface area contributed by atoms with Crippen LogP contribution in [0.2, 0.25) is 0 Å². The van der Waals surface area contributed by atoms with Crippen molar-refractivity contribution in [3.63, 3.8) is 0 Å². The third-order valence-electron chi connectivity index (χ3n) is 6.17. The Balaban J connectivity index is 1.57.